The second kappa shape index (κ2) is 11.0. The summed E-state index contributed by atoms with van der Waals surface area (Å²) >= 11 is 0. The van der Waals surface area contributed by atoms with E-state index in [0.29, 0.717) is 25.2 Å². The highest BCUT2D eigenvalue weighted by molar-refractivity contribution is 7.89. The van der Waals surface area contributed by atoms with Crippen molar-refractivity contribution < 1.29 is 39.6 Å². The first-order valence-corrected chi connectivity index (χ1v) is 13.1. The summed E-state index contributed by atoms with van der Waals surface area (Å²) in [5, 5.41) is 3.05. The fourth-order valence-electron chi connectivity index (χ4n) is 3.98. The van der Waals surface area contributed by atoms with Crippen molar-refractivity contribution in [3.63, 3.8) is 0 Å². The van der Waals surface area contributed by atoms with Crippen molar-refractivity contribution in [1.29, 1.82) is 0 Å². The summed E-state index contributed by atoms with van der Waals surface area (Å²) < 4.78 is 107. The van der Waals surface area contributed by atoms with Gasteiger partial charge >= 0.3 is 12.4 Å². The number of alkyl halides is 6. The van der Waals surface area contributed by atoms with Gasteiger partial charge in [-0.25, -0.2) is 18.4 Å². The van der Waals surface area contributed by atoms with Crippen molar-refractivity contribution in [1.82, 2.24) is 19.6 Å². The molecule has 3 aromatic rings. The number of rotatable bonds is 6. The molecule has 8 nitrogen and oxygen atoms in total. The predicted molar refractivity (Wildman–Crippen MR) is 133 cm³/mol. The molecule has 0 spiro atoms. The Morgan fingerprint density at radius 1 is 0.950 bits per heavy atom. The summed E-state index contributed by atoms with van der Waals surface area (Å²) in [4.78, 5) is 20.0. The van der Waals surface area contributed by atoms with Gasteiger partial charge in [0, 0.05) is 43.5 Å². The van der Waals surface area contributed by atoms with Crippen LogP contribution in [0, 0.1) is 0 Å². The third kappa shape index (κ3) is 6.48. The maximum Gasteiger partial charge on any atom is 0.416 e. The minimum Gasteiger partial charge on any atom is -0.366 e. The van der Waals surface area contributed by atoms with E-state index in [2.05, 4.69) is 15.3 Å². The van der Waals surface area contributed by atoms with E-state index in [1.807, 2.05) is 0 Å². The van der Waals surface area contributed by atoms with Crippen LogP contribution in [0.1, 0.15) is 22.4 Å². The SMILES string of the molecule is NC(=O)/C(=C/c1ccnc(-c2cc(C(F)(F)F)cc(C(F)(F)F)c2)n1)c1cccc(S(=O)(=O)N2CCNCC2)c1. The van der Waals surface area contributed by atoms with Crippen LogP contribution in [0.25, 0.3) is 23.0 Å². The summed E-state index contributed by atoms with van der Waals surface area (Å²) in [6.45, 7) is 1.44. The average Bonchev–Trinajstić information content (AvgIpc) is 2.91. The number of nitrogens with one attached hydrogen (secondary N) is 1. The number of primary amides is 1. The lowest BCUT2D eigenvalue weighted by Gasteiger charge is -2.26. The van der Waals surface area contributed by atoms with Gasteiger partial charge in [0.2, 0.25) is 15.9 Å². The molecule has 1 aliphatic rings. The van der Waals surface area contributed by atoms with Gasteiger partial charge in [0.25, 0.3) is 0 Å². The van der Waals surface area contributed by atoms with E-state index in [0.717, 1.165) is 12.3 Å². The molecular formula is C25H21F6N5O3S. The van der Waals surface area contributed by atoms with Gasteiger partial charge in [-0.3, -0.25) is 4.79 Å². The van der Waals surface area contributed by atoms with E-state index < -0.39 is 50.8 Å². The molecule has 0 unspecified atom stereocenters. The summed E-state index contributed by atoms with van der Waals surface area (Å²) in [5.74, 6) is -1.44. The summed E-state index contributed by atoms with van der Waals surface area (Å²) in [5.41, 5.74) is 1.75. The number of halogens is 6. The van der Waals surface area contributed by atoms with Crippen LogP contribution >= 0.6 is 0 Å². The van der Waals surface area contributed by atoms with Crippen LogP contribution in [0.4, 0.5) is 26.3 Å². The lowest BCUT2D eigenvalue weighted by Crippen LogP contribution is -2.46. The Labute approximate surface area is 224 Å². The van der Waals surface area contributed by atoms with Crippen LogP contribution in [-0.2, 0) is 27.2 Å². The molecule has 3 N–H and O–H groups in total. The third-order valence-corrected chi connectivity index (χ3v) is 7.83. The van der Waals surface area contributed by atoms with Gasteiger partial charge in [0.1, 0.15) is 0 Å². The maximum atomic E-state index is 13.3. The van der Waals surface area contributed by atoms with Gasteiger partial charge in [0.05, 0.1) is 21.7 Å². The predicted octanol–water partition coefficient (Wildman–Crippen LogP) is 3.80. The smallest absolute Gasteiger partial charge is 0.366 e. The molecule has 1 saturated heterocycles. The zero-order valence-electron chi connectivity index (χ0n) is 20.4. The fourth-order valence-corrected chi connectivity index (χ4v) is 5.47. The van der Waals surface area contributed by atoms with Crippen molar-refractivity contribution in [2.75, 3.05) is 26.2 Å². The zero-order chi connectivity index (χ0) is 29.3. The lowest BCUT2D eigenvalue weighted by molar-refractivity contribution is -0.143. The van der Waals surface area contributed by atoms with E-state index in [9.17, 15) is 39.6 Å². The molecule has 4 rings (SSSR count). The molecular weight excluding hydrogens is 564 g/mol. The number of aromatic nitrogens is 2. The summed E-state index contributed by atoms with van der Waals surface area (Å²) in [7, 11) is -3.89. The van der Waals surface area contributed by atoms with Crippen LogP contribution in [0.5, 0.6) is 0 Å². The minimum absolute atomic E-state index is 0.0140. The topological polar surface area (TPSA) is 118 Å². The molecule has 1 amide bonds. The van der Waals surface area contributed by atoms with Crippen LogP contribution in [0.2, 0.25) is 0 Å². The Hall–Kier alpha value is -3.82. The van der Waals surface area contributed by atoms with Crippen molar-refractivity contribution >= 4 is 27.6 Å². The molecule has 0 atom stereocenters. The number of carbonyl (C=O) groups is 1. The third-order valence-electron chi connectivity index (χ3n) is 5.94. The molecule has 0 saturated carbocycles. The van der Waals surface area contributed by atoms with E-state index in [4.69, 9.17) is 5.73 Å². The molecule has 1 aliphatic heterocycles. The van der Waals surface area contributed by atoms with Gasteiger partial charge in [-0.2, -0.15) is 30.6 Å². The standard InChI is InChI=1S/C25H21F6N5O3S/c26-24(27,28)17-10-16(11-18(13-17)25(29,30)31)23-34-5-4-19(35-23)14-21(22(32)37)15-2-1-3-20(12-15)40(38,39)36-8-6-33-7-9-36/h1-5,10-14,33H,6-9H2,(H2,32,37)/b21-14+. The maximum absolute atomic E-state index is 13.3. The number of carbonyl (C=O) groups excluding carboxylic acids is 1. The number of nitrogens with zero attached hydrogens (tertiary/aromatic N) is 3. The van der Waals surface area contributed by atoms with Crippen molar-refractivity contribution in [2.24, 2.45) is 5.73 Å². The molecule has 15 heteroatoms. The fraction of sp³-hybridized carbons (Fsp3) is 0.240. The largest absolute Gasteiger partial charge is 0.416 e. The number of hydrogen-bond acceptors (Lipinski definition) is 6. The van der Waals surface area contributed by atoms with Crippen molar-refractivity contribution in [3.05, 3.63) is 77.1 Å². The van der Waals surface area contributed by atoms with Crippen LogP contribution in [0.15, 0.2) is 59.6 Å². The molecule has 212 valence electrons. The quantitative estimate of drug-likeness (QED) is 0.336. The monoisotopic (exact) mass is 585 g/mol. The van der Waals surface area contributed by atoms with Crippen molar-refractivity contribution in [2.45, 2.75) is 17.2 Å². The summed E-state index contributed by atoms with van der Waals surface area (Å²) in [6.07, 6.45) is -7.90. The Morgan fingerprint density at radius 2 is 1.57 bits per heavy atom. The van der Waals surface area contributed by atoms with Crippen molar-refractivity contribution in [3.8, 4) is 11.4 Å². The van der Waals surface area contributed by atoms with Crippen LogP contribution in [-0.4, -0.2) is 54.8 Å². The van der Waals surface area contributed by atoms with Gasteiger partial charge < -0.3 is 11.1 Å². The number of nitrogens with two attached hydrogens (primary N) is 1. The van der Waals surface area contributed by atoms with E-state index in [-0.39, 0.29) is 40.9 Å². The Bertz CT molecular complexity index is 1530. The van der Waals surface area contributed by atoms with E-state index >= 15 is 0 Å². The first-order chi connectivity index (χ1) is 18.7. The first-order valence-electron chi connectivity index (χ1n) is 11.6. The van der Waals surface area contributed by atoms with Gasteiger partial charge in [-0.15, -0.1) is 0 Å². The highest BCUT2D eigenvalue weighted by Gasteiger charge is 2.37. The molecule has 0 aliphatic carbocycles. The number of sulfonamides is 1. The zero-order valence-corrected chi connectivity index (χ0v) is 21.2. The highest BCUT2D eigenvalue weighted by Crippen LogP contribution is 2.38. The van der Waals surface area contributed by atoms with E-state index in [1.165, 1.54) is 34.6 Å². The second-order valence-electron chi connectivity index (χ2n) is 8.70. The molecule has 40 heavy (non-hydrogen) atoms. The van der Waals surface area contributed by atoms with Crippen LogP contribution < -0.4 is 11.1 Å². The number of amides is 1. The highest BCUT2D eigenvalue weighted by atomic mass is 32.2. The number of piperazine rings is 1. The minimum atomic E-state index is -5.07. The Morgan fingerprint density at radius 3 is 2.15 bits per heavy atom. The Kier molecular flexibility index (Phi) is 8.01. The molecule has 0 bridgehead atoms. The molecule has 2 aromatic carbocycles. The second-order valence-corrected chi connectivity index (χ2v) is 10.6. The number of benzene rings is 2. The van der Waals surface area contributed by atoms with Gasteiger partial charge in [-0.1, -0.05) is 12.1 Å². The van der Waals surface area contributed by atoms with Gasteiger partial charge in [0.15, 0.2) is 5.82 Å². The molecule has 1 fully saturated rings. The normalized spacial score (nSPS) is 15.7. The van der Waals surface area contributed by atoms with Crippen LogP contribution in [0.3, 0.4) is 0 Å². The van der Waals surface area contributed by atoms with E-state index in [1.54, 1.807) is 0 Å². The molecule has 0 radical (unpaired) electrons. The number of hydrogen-bond donors (Lipinski definition) is 2. The Balaban J connectivity index is 1.76. The first kappa shape index (κ1) is 29.2. The molecule has 2 heterocycles. The lowest BCUT2D eigenvalue weighted by atomic mass is 10.0. The summed E-state index contributed by atoms with van der Waals surface area (Å²) in [6, 6.07) is 7.65. The average molecular weight is 586 g/mol. The van der Waals surface area contributed by atoms with Gasteiger partial charge in [-0.05, 0) is 48.0 Å². The molecule has 1 aromatic heterocycles.